The molecule has 0 fully saturated rings. The van der Waals surface area contributed by atoms with Crippen molar-refractivity contribution in [2.45, 2.75) is 6.92 Å². The standard InChI is InChI=1S/C12H10BrN3O2/c1-7-2-3-9(8(13)4-7)16-12(18)10-5-11(17)15-6-14-10/h2-6H,1H3,(H,16,18)(H,14,15,17). The Kier molecular flexibility index (Phi) is 3.57. The molecular formula is C12H10BrN3O2. The van der Waals surface area contributed by atoms with E-state index in [0.717, 1.165) is 16.1 Å². The lowest BCUT2D eigenvalue weighted by molar-refractivity contribution is 0.102. The molecule has 6 heteroatoms. The van der Waals surface area contributed by atoms with E-state index >= 15 is 0 Å². The summed E-state index contributed by atoms with van der Waals surface area (Å²) in [6.07, 6.45) is 1.20. The molecule has 0 bridgehead atoms. The van der Waals surface area contributed by atoms with Crippen LogP contribution < -0.4 is 10.9 Å². The number of benzene rings is 1. The molecule has 1 aromatic carbocycles. The lowest BCUT2D eigenvalue weighted by Crippen LogP contribution is -2.17. The molecular weight excluding hydrogens is 298 g/mol. The van der Waals surface area contributed by atoms with E-state index in [-0.39, 0.29) is 11.3 Å². The monoisotopic (exact) mass is 307 g/mol. The first-order valence-corrected chi connectivity index (χ1v) is 5.98. The van der Waals surface area contributed by atoms with Crippen molar-refractivity contribution in [3.63, 3.8) is 0 Å². The van der Waals surface area contributed by atoms with Gasteiger partial charge in [0.1, 0.15) is 5.69 Å². The van der Waals surface area contributed by atoms with Crippen LogP contribution in [0.4, 0.5) is 5.69 Å². The number of halogens is 1. The molecule has 5 nitrogen and oxygen atoms in total. The van der Waals surface area contributed by atoms with Crippen molar-refractivity contribution in [3.8, 4) is 0 Å². The minimum atomic E-state index is -0.425. The third-order valence-corrected chi connectivity index (χ3v) is 2.94. The first-order chi connectivity index (χ1) is 8.56. The maximum absolute atomic E-state index is 11.9. The highest BCUT2D eigenvalue weighted by molar-refractivity contribution is 9.10. The zero-order valence-electron chi connectivity index (χ0n) is 9.53. The van der Waals surface area contributed by atoms with Crippen LogP contribution in [0, 0.1) is 6.92 Å². The fourth-order valence-electron chi connectivity index (χ4n) is 1.40. The van der Waals surface area contributed by atoms with Crippen LogP contribution in [-0.4, -0.2) is 15.9 Å². The molecule has 2 N–H and O–H groups in total. The van der Waals surface area contributed by atoms with Crippen molar-refractivity contribution in [2.75, 3.05) is 5.32 Å². The molecule has 1 heterocycles. The Morgan fingerprint density at radius 1 is 1.39 bits per heavy atom. The maximum atomic E-state index is 11.9. The minimum absolute atomic E-state index is 0.0752. The molecule has 92 valence electrons. The van der Waals surface area contributed by atoms with Gasteiger partial charge in [-0.1, -0.05) is 6.07 Å². The number of carbonyl (C=O) groups is 1. The van der Waals surface area contributed by atoms with Crippen LogP contribution in [-0.2, 0) is 0 Å². The van der Waals surface area contributed by atoms with Crippen molar-refractivity contribution < 1.29 is 4.79 Å². The van der Waals surface area contributed by atoms with Gasteiger partial charge in [-0.25, -0.2) is 4.98 Å². The fourth-order valence-corrected chi connectivity index (χ4v) is 1.99. The van der Waals surface area contributed by atoms with Crippen LogP contribution >= 0.6 is 15.9 Å². The van der Waals surface area contributed by atoms with E-state index in [9.17, 15) is 9.59 Å². The second-order valence-corrected chi connectivity index (χ2v) is 4.59. The normalized spacial score (nSPS) is 10.1. The van der Waals surface area contributed by atoms with Gasteiger partial charge in [0.05, 0.1) is 12.0 Å². The number of hydrogen-bond donors (Lipinski definition) is 2. The lowest BCUT2D eigenvalue weighted by atomic mass is 10.2. The molecule has 0 saturated heterocycles. The Balaban J connectivity index is 2.24. The molecule has 0 spiro atoms. The summed E-state index contributed by atoms with van der Waals surface area (Å²) < 4.78 is 0.778. The number of aromatic nitrogens is 2. The molecule has 0 radical (unpaired) electrons. The van der Waals surface area contributed by atoms with Crippen LogP contribution in [0.1, 0.15) is 16.1 Å². The molecule has 0 aliphatic heterocycles. The van der Waals surface area contributed by atoms with Crippen molar-refractivity contribution in [1.29, 1.82) is 0 Å². The number of aromatic amines is 1. The Bertz CT molecular complexity index is 652. The molecule has 0 aliphatic rings. The smallest absolute Gasteiger partial charge is 0.274 e. The van der Waals surface area contributed by atoms with Crippen LogP contribution in [0.5, 0.6) is 0 Å². The third-order valence-electron chi connectivity index (χ3n) is 2.28. The Hall–Kier alpha value is -1.95. The van der Waals surface area contributed by atoms with Gasteiger partial charge in [0.15, 0.2) is 0 Å². The Morgan fingerprint density at radius 2 is 2.17 bits per heavy atom. The van der Waals surface area contributed by atoms with E-state index in [1.165, 1.54) is 6.33 Å². The highest BCUT2D eigenvalue weighted by Gasteiger charge is 2.09. The summed E-state index contributed by atoms with van der Waals surface area (Å²) in [5.74, 6) is -0.425. The number of H-pyrrole nitrogens is 1. The molecule has 0 unspecified atom stereocenters. The number of rotatable bonds is 2. The van der Waals surface area contributed by atoms with E-state index in [2.05, 4.69) is 31.2 Å². The summed E-state index contributed by atoms with van der Waals surface area (Å²) >= 11 is 3.36. The second-order valence-electron chi connectivity index (χ2n) is 3.73. The Morgan fingerprint density at radius 3 is 2.83 bits per heavy atom. The van der Waals surface area contributed by atoms with Gasteiger partial charge in [0, 0.05) is 10.5 Å². The second kappa shape index (κ2) is 5.14. The molecule has 18 heavy (non-hydrogen) atoms. The number of hydrogen-bond acceptors (Lipinski definition) is 3. The van der Waals surface area contributed by atoms with Crippen molar-refractivity contribution in [2.24, 2.45) is 0 Å². The van der Waals surface area contributed by atoms with Gasteiger partial charge in [-0.2, -0.15) is 0 Å². The topological polar surface area (TPSA) is 74.8 Å². The van der Waals surface area contributed by atoms with Crippen molar-refractivity contribution in [3.05, 3.63) is 56.7 Å². The van der Waals surface area contributed by atoms with Crippen molar-refractivity contribution in [1.82, 2.24) is 9.97 Å². The van der Waals surface area contributed by atoms with E-state index in [1.807, 2.05) is 19.1 Å². The summed E-state index contributed by atoms with van der Waals surface area (Å²) in [6.45, 7) is 1.95. The number of aryl methyl sites for hydroxylation is 1. The van der Waals surface area contributed by atoms with Crippen LogP contribution in [0.25, 0.3) is 0 Å². The van der Waals surface area contributed by atoms with Crippen molar-refractivity contribution >= 4 is 27.5 Å². The third kappa shape index (κ3) is 2.84. The first kappa shape index (κ1) is 12.5. The molecule has 0 atom stereocenters. The quantitative estimate of drug-likeness (QED) is 0.892. The van der Waals surface area contributed by atoms with E-state index in [1.54, 1.807) is 6.07 Å². The Labute approximate surface area is 111 Å². The van der Waals surface area contributed by atoms with Gasteiger partial charge in [0.2, 0.25) is 0 Å². The number of nitrogens with one attached hydrogen (secondary N) is 2. The first-order valence-electron chi connectivity index (χ1n) is 5.18. The summed E-state index contributed by atoms with van der Waals surface area (Å²) in [5, 5.41) is 2.68. The molecule has 0 aliphatic carbocycles. The average Bonchev–Trinajstić information content (AvgIpc) is 2.32. The van der Waals surface area contributed by atoms with Gasteiger partial charge in [0.25, 0.3) is 11.5 Å². The molecule has 0 saturated carbocycles. The van der Waals surface area contributed by atoms with Gasteiger partial charge in [-0.15, -0.1) is 0 Å². The molecule has 1 aromatic heterocycles. The van der Waals surface area contributed by atoms with Gasteiger partial charge in [-0.3, -0.25) is 9.59 Å². The zero-order chi connectivity index (χ0) is 13.1. The molecule has 2 rings (SSSR count). The summed E-state index contributed by atoms with van der Waals surface area (Å²) in [7, 11) is 0. The number of nitrogens with zero attached hydrogens (tertiary/aromatic N) is 1. The highest BCUT2D eigenvalue weighted by atomic mass is 79.9. The SMILES string of the molecule is Cc1ccc(NC(=O)c2cc(=O)[nH]cn2)c(Br)c1. The van der Waals surface area contributed by atoms with Crippen LogP contribution in [0.3, 0.4) is 0 Å². The zero-order valence-corrected chi connectivity index (χ0v) is 11.1. The minimum Gasteiger partial charge on any atom is -0.320 e. The molecule has 1 amide bonds. The largest absolute Gasteiger partial charge is 0.320 e. The van der Waals surface area contributed by atoms with E-state index in [0.29, 0.717) is 5.69 Å². The number of amides is 1. The lowest BCUT2D eigenvalue weighted by Gasteiger charge is -2.07. The average molecular weight is 308 g/mol. The van der Waals surface area contributed by atoms with Gasteiger partial charge >= 0.3 is 0 Å². The molecule has 2 aromatic rings. The predicted molar refractivity (Wildman–Crippen MR) is 71.7 cm³/mol. The van der Waals surface area contributed by atoms with Crippen LogP contribution in [0.2, 0.25) is 0 Å². The predicted octanol–water partition coefficient (Wildman–Crippen LogP) is 2.09. The van der Waals surface area contributed by atoms with Gasteiger partial charge in [-0.05, 0) is 40.5 Å². The van der Waals surface area contributed by atoms with E-state index in [4.69, 9.17) is 0 Å². The van der Waals surface area contributed by atoms with Gasteiger partial charge < -0.3 is 10.3 Å². The van der Waals surface area contributed by atoms with E-state index < -0.39 is 5.91 Å². The fraction of sp³-hybridized carbons (Fsp3) is 0.0833. The summed E-state index contributed by atoms with van der Waals surface area (Å²) in [6, 6.07) is 6.70. The highest BCUT2D eigenvalue weighted by Crippen LogP contribution is 2.23. The van der Waals surface area contributed by atoms with Crippen LogP contribution in [0.15, 0.2) is 39.9 Å². The maximum Gasteiger partial charge on any atom is 0.274 e. The number of anilines is 1. The number of carbonyl (C=O) groups excluding carboxylic acids is 1. The summed E-state index contributed by atoms with van der Waals surface area (Å²) in [4.78, 5) is 29.1. The summed E-state index contributed by atoms with van der Waals surface area (Å²) in [5.41, 5.74) is 1.42.